The van der Waals surface area contributed by atoms with Crippen LogP contribution in [-0.2, 0) is 25.0 Å². The van der Waals surface area contributed by atoms with Gasteiger partial charge >= 0.3 is 13.6 Å². The number of unbranched alkanes of at least 4 members (excludes halogenated alkanes) is 2. The molecule has 0 saturated heterocycles. The second-order valence-corrected chi connectivity index (χ2v) is 8.43. The minimum atomic E-state index is -3.56. The number of carbonyl (C=O) groups is 1. The van der Waals surface area contributed by atoms with E-state index >= 15 is 0 Å². The van der Waals surface area contributed by atoms with Gasteiger partial charge in [0.2, 0.25) is 0 Å². The average molecular weight is 444 g/mol. The number of ether oxygens (including phenoxy) is 2. The van der Waals surface area contributed by atoms with Gasteiger partial charge in [-0.2, -0.15) is 5.26 Å². The number of nitrogens with zero attached hydrogens (tertiary/aromatic N) is 2. The second-order valence-electron chi connectivity index (χ2n) is 6.14. The largest absolute Gasteiger partial charge is 0.493 e. The standard InChI is InChI=1S/C18H25N2O9P/c1-26-16-11-14(13-29-30(25,27-2)10-6-8-19)15(20(23)24)12-17(16)28-9-5-3-4-7-18(21)22/h11-12H,3-7,9-10,13H2,1-2H3,(H,21,22). The van der Waals surface area contributed by atoms with Crippen molar-refractivity contribution in [3.8, 4) is 17.6 Å². The Kier molecular flexibility index (Phi) is 10.8. The first-order chi connectivity index (χ1) is 14.3. The van der Waals surface area contributed by atoms with Gasteiger partial charge in [-0.05, 0) is 25.3 Å². The van der Waals surface area contributed by atoms with E-state index in [0.717, 1.165) is 0 Å². The van der Waals surface area contributed by atoms with Gasteiger partial charge in [0, 0.05) is 20.0 Å². The molecule has 0 aliphatic rings. The molecular weight excluding hydrogens is 419 g/mol. The Morgan fingerprint density at radius 2 is 2.00 bits per heavy atom. The van der Waals surface area contributed by atoms with E-state index in [1.54, 1.807) is 0 Å². The molecule has 0 amide bonds. The van der Waals surface area contributed by atoms with Crippen molar-refractivity contribution in [3.63, 3.8) is 0 Å². The first-order valence-electron chi connectivity index (χ1n) is 9.12. The molecule has 0 aromatic heterocycles. The zero-order valence-corrected chi connectivity index (χ0v) is 17.8. The molecule has 0 bridgehead atoms. The molecular formula is C18H25N2O9P. The van der Waals surface area contributed by atoms with Crippen LogP contribution in [0.4, 0.5) is 5.69 Å². The molecule has 0 radical (unpaired) electrons. The number of aliphatic carboxylic acids is 1. The average Bonchev–Trinajstić information content (AvgIpc) is 2.72. The van der Waals surface area contributed by atoms with Crippen LogP contribution in [0.15, 0.2) is 12.1 Å². The maximum atomic E-state index is 12.4. The Balaban J connectivity index is 2.89. The van der Waals surface area contributed by atoms with Crippen molar-refractivity contribution in [2.24, 2.45) is 0 Å². The summed E-state index contributed by atoms with van der Waals surface area (Å²) in [6.45, 7) is -0.144. The van der Waals surface area contributed by atoms with Gasteiger partial charge in [-0.3, -0.25) is 19.5 Å². The van der Waals surface area contributed by atoms with Gasteiger partial charge in [-0.15, -0.1) is 0 Å². The lowest BCUT2D eigenvalue weighted by atomic mass is 10.1. The number of nitro groups is 1. The molecule has 0 fully saturated rings. The number of rotatable bonds is 15. The molecule has 0 aliphatic carbocycles. The van der Waals surface area contributed by atoms with Crippen LogP contribution < -0.4 is 9.47 Å². The van der Waals surface area contributed by atoms with Crippen LogP contribution in [-0.4, -0.2) is 43.0 Å². The molecule has 166 valence electrons. The van der Waals surface area contributed by atoms with Crippen LogP contribution in [0.5, 0.6) is 11.5 Å². The minimum Gasteiger partial charge on any atom is -0.493 e. The Morgan fingerprint density at radius 1 is 1.27 bits per heavy atom. The lowest BCUT2D eigenvalue weighted by Gasteiger charge is -2.16. The van der Waals surface area contributed by atoms with Crippen molar-refractivity contribution in [1.29, 1.82) is 5.26 Å². The summed E-state index contributed by atoms with van der Waals surface area (Å²) in [6.07, 6.45) is 1.62. The predicted molar refractivity (Wildman–Crippen MR) is 106 cm³/mol. The van der Waals surface area contributed by atoms with E-state index in [9.17, 15) is 19.5 Å². The van der Waals surface area contributed by atoms with E-state index in [2.05, 4.69) is 0 Å². The third kappa shape index (κ3) is 8.37. The number of carboxylic acids is 1. The molecule has 0 aliphatic heterocycles. The quantitative estimate of drug-likeness (QED) is 0.182. The van der Waals surface area contributed by atoms with E-state index in [1.807, 2.05) is 6.07 Å². The fraction of sp³-hybridized carbons (Fsp3) is 0.556. The van der Waals surface area contributed by atoms with Crippen LogP contribution in [0.25, 0.3) is 0 Å². The molecule has 30 heavy (non-hydrogen) atoms. The normalized spacial score (nSPS) is 12.6. The summed E-state index contributed by atoms with van der Waals surface area (Å²) in [7, 11) is -1.01. The zero-order valence-electron chi connectivity index (χ0n) is 16.9. The molecule has 12 heteroatoms. The summed E-state index contributed by atoms with van der Waals surface area (Å²) in [6, 6.07) is 4.40. The minimum absolute atomic E-state index is 0.0459. The van der Waals surface area contributed by atoms with E-state index in [1.165, 1.54) is 26.4 Å². The first kappa shape index (κ1) is 25.4. The molecule has 1 aromatic carbocycles. The molecule has 1 aromatic rings. The summed E-state index contributed by atoms with van der Waals surface area (Å²) >= 11 is 0. The number of nitro benzene ring substituents is 1. The summed E-state index contributed by atoms with van der Waals surface area (Å²) in [5.41, 5.74) is -0.195. The van der Waals surface area contributed by atoms with Crippen LogP contribution in [0.3, 0.4) is 0 Å². The van der Waals surface area contributed by atoms with E-state index < -0.39 is 18.5 Å². The maximum Gasteiger partial charge on any atom is 0.331 e. The molecule has 0 spiro atoms. The number of nitriles is 1. The summed E-state index contributed by atoms with van der Waals surface area (Å²) in [5.74, 6) is -0.476. The van der Waals surface area contributed by atoms with Crippen molar-refractivity contribution >= 4 is 19.3 Å². The molecule has 1 unspecified atom stereocenters. The highest BCUT2D eigenvalue weighted by atomic mass is 31.2. The Bertz CT molecular complexity index is 823. The SMILES string of the molecule is COc1cc(COP(=O)(CCC#N)OC)c([N+](=O)[O-])cc1OCCCCCC(=O)O. The van der Waals surface area contributed by atoms with Crippen molar-refractivity contribution in [1.82, 2.24) is 0 Å². The molecule has 0 saturated carbocycles. The smallest absolute Gasteiger partial charge is 0.331 e. The third-order valence-electron chi connectivity index (χ3n) is 4.05. The topological polar surface area (TPSA) is 158 Å². The number of hydrogen-bond acceptors (Lipinski definition) is 9. The van der Waals surface area contributed by atoms with Gasteiger partial charge in [0.1, 0.15) is 0 Å². The number of benzene rings is 1. The Labute approximate surface area is 174 Å². The molecule has 11 nitrogen and oxygen atoms in total. The van der Waals surface area contributed by atoms with Crippen molar-refractivity contribution in [3.05, 3.63) is 27.8 Å². The third-order valence-corrected chi connectivity index (χ3v) is 5.90. The molecule has 0 heterocycles. The van der Waals surface area contributed by atoms with Crippen molar-refractivity contribution < 1.29 is 37.9 Å². The molecule has 1 atom stereocenters. The number of methoxy groups -OCH3 is 1. The highest BCUT2D eigenvalue weighted by molar-refractivity contribution is 7.53. The summed E-state index contributed by atoms with van der Waals surface area (Å²) in [5, 5.41) is 28.7. The van der Waals surface area contributed by atoms with Crippen LogP contribution in [0, 0.1) is 21.4 Å². The van der Waals surface area contributed by atoms with E-state index in [4.69, 9.17) is 28.9 Å². The van der Waals surface area contributed by atoms with E-state index in [-0.39, 0.29) is 55.0 Å². The summed E-state index contributed by atoms with van der Waals surface area (Å²) in [4.78, 5) is 21.3. The maximum absolute atomic E-state index is 12.4. The van der Waals surface area contributed by atoms with Crippen molar-refractivity contribution in [2.75, 3.05) is 27.0 Å². The predicted octanol–water partition coefficient (Wildman–Crippen LogP) is 3.90. The van der Waals surface area contributed by atoms with Gasteiger partial charge in [0.25, 0.3) is 5.69 Å². The molecule has 1 rings (SSSR count). The van der Waals surface area contributed by atoms with Crippen LogP contribution in [0.1, 0.15) is 37.7 Å². The summed E-state index contributed by atoms with van der Waals surface area (Å²) < 4.78 is 33.4. The highest BCUT2D eigenvalue weighted by Crippen LogP contribution is 2.49. The lowest BCUT2D eigenvalue weighted by molar-refractivity contribution is -0.385. The Morgan fingerprint density at radius 3 is 2.57 bits per heavy atom. The van der Waals surface area contributed by atoms with Crippen LogP contribution >= 0.6 is 7.60 Å². The van der Waals surface area contributed by atoms with Gasteiger partial charge < -0.3 is 23.6 Å². The second kappa shape index (κ2) is 12.8. The fourth-order valence-corrected chi connectivity index (χ4v) is 3.58. The lowest BCUT2D eigenvalue weighted by Crippen LogP contribution is -2.05. The monoisotopic (exact) mass is 444 g/mol. The Hall–Kier alpha value is -2.67. The first-order valence-corrected chi connectivity index (χ1v) is 10.8. The molecule has 1 N–H and O–H groups in total. The van der Waals surface area contributed by atoms with Crippen molar-refractivity contribution in [2.45, 2.75) is 38.7 Å². The number of hydrogen-bond donors (Lipinski definition) is 1. The number of carboxylic acid groups (broad SMARTS) is 1. The van der Waals surface area contributed by atoms with E-state index in [0.29, 0.717) is 19.3 Å². The van der Waals surface area contributed by atoms with Gasteiger partial charge in [0.05, 0.1) is 49.1 Å². The van der Waals surface area contributed by atoms with Gasteiger partial charge in [0.15, 0.2) is 11.5 Å². The highest BCUT2D eigenvalue weighted by Gasteiger charge is 2.26. The van der Waals surface area contributed by atoms with Gasteiger partial charge in [-0.1, -0.05) is 0 Å². The van der Waals surface area contributed by atoms with Gasteiger partial charge in [-0.25, -0.2) is 0 Å². The zero-order chi connectivity index (χ0) is 22.6. The fourth-order valence-electron chi connectivity index (χ4n) is 2.45. The van der Waals surface area contributed by atoms with Crippen LogP contribution in [0.2, 0.25) is 0 Å².